The van der Waals surface area contributed by atoms with Crippen LogP contribution in [0.2, 0.25) is 5.15 Å². The molecule has 128 valence electrons. The van der Waals surface area contributed by atoms with E-state index in [0.717, 1.165) is 5.69 Å². The summed E-state index contributed by atoms with van der Waals surface area (Å²) in [6, 6.07) is 3.44. The van der Waals surface area contributed by atoms with E-state index in [1.165, 1.54) is 30.8 Å². The van der Waals surface area contributed by atoms with E-state index >= 15 is 0 Å². The number of rotatable bonds is 4. The van der Waals surface area contributed by atoms with Gasteiger partial charge in [-0.25, -0.2) is 4.98 Å². The molecular weight excluding hydrogens is 430 g/mol. The van der Waals surface area contributed by atoms with Crippen LogP contribution in [0.4, 0.5) is 5.13 Å². The summed E-state index contributed by atoms with van der Waals surface area (Å²) >= 11 is 10.4. The smallest absolute Gasteiger partial charge is 0.259 e. The highest BCUT2D eigenvalue weighted by molar-refractivity contribution is 9.11. The van der Waals surface area contributed by atoms with Crippen molar-refractivity contribution in [2.75, 3.05) is 12.4 Å². The molecule has 0 aromatic carbocycles. The highest BCUT2D eigenvalue weighted by Gasteiger charge is 2.19. The van der Waals surface area contributed by atoms with Gasteiger partial charge in [0.05, 0.1) is 18.9 Å². The van der Waals surface area contributed by atoms with Crippen LogP contribution in [0, 0.1) is 6.92 Å². The van der Waals surface area contributed by atoms with Gasteiger partial charge in [0.25, 0.3) is 5.91 Å². The summed E-state index contributed by atoms with van der Waals surface area (Å²) in [6.45, 7) is 1.84. The molecule has 3 heterocycles. The van der Waals surface area contributed by atoms with Crippen LogP contribution >= 0.6 is 38.9 Å². The number of hydrogen-bond donors (Lipinski definition) is 1. The fourth-order valence-electron chi connectivity index (χ4n) is 2.17. The average Bonchev–Trinajstić information content (AvgIpc) is 2.99. The second-order valence-electron chi connectivity index (χ2n) is 4.89. The van der Waals surface area contributed by atoms with Gasteiger partial charge >= 0.3 is 0 Å². The summed E-state index contributed by atoms with van der Waals surface area (Å²) in [7, 11) is 1.53. The van der Waals surface area contributed by atoms with Crippen molar-refractivity contribution in [3.63, 3.8) is 0 Å². The van der Waals surface area contributed by atoms with E-state index in [1.807, 2.05) is 6.92 Å². The van der Waals surface area contributed by atoms with E-state index < -0.39 is 0 Å². The third-order valence-corrected chi connectivity index (χ3v) is 4.73. The van der Waals surface area contributed by atoms with Gasteiger partial charge in [-0.05, 0) is 35.0 Å². The number of ether oxygens (including phenoxy) is 1. The second kappa shape index (κ2) is 7.42. The Bertz CT molecular complexity index is 949. The SMILES string of the molecule is COc1cnc(Cl)cc1-c1cc(C)ncc1C(=O)Nc1nnc(Br)s1. The molecule has 1 N–H and O–H groups in total. The van der Waals surface area contributed by atoms with Gasteiger partial charge in [0, 0.05) is 23.0 Å². The predicted molar refractivity (Wildman–Crippen MR) is 99.3 cm³/mol. The zero-order chi connectivity index (χ0) is 18.0. The van der Waals surface area contributed by atoms with Gasteiger partial charge in [-0.15, -0.1) is 10.2 Å². The standard InChI is InChI=1S/C15H11BrClN5O2S/c1-7-3-8(9-4-12(17)19-6-11(9)24-2)10(5-18-7)13(23)20-15-22-21-14(16)25-15/h3-6H,1-2H3,(H,20,22,23). The fourth-order valence-corrected chi connectivity index (χ4v) is 3.34. The Labute approximate surface area is 160 Å². The molecule has 0 fully saturated rings. The zero-order valence-corrected chi connectivity index (χ0v) is 16.2. The molecule has 0 radical (unpaired) electrons. The lowest BCUT2D eigenvalue weighted by Gasteiger charge is -2.13. The first-order valence-corrected chi connectivity index (χ1v) is 8.93. The average molecular weight is 441 g/mol. The van der Waals surface area contributed by atoms with E-state index in [-0.39, 0.29) is 5.91 Å². The van der Waals surface area contributed by atoms with Gasteiger partial charge in [0.2, 0.25) is 5.13 Å². The second-order valence-corrected chi connectivity index (χ2v) is 7.53. The molecular formula is C15H11BrClN5O2S. The Kier molecular flexibility index (Phi) is 5.26. The first-order chi connectivity index (χ1) is 12.0. The topological polar surface area (TPSA) is 89.9 Å². The highest BCUT2D eigenvalue weighted by atomic mass is 79.9. The number of nitrogens with one attached hydrogen (secondary N) is 1. The van der Waals surface area contributed by atoms with Crippen molar-refractivity contribution in [1.29, 1.82) is 0 Å². The molecule has 3 rings (SSSR count). The minimum Gasteiger partial charge on any atom is -0.494 e. The van der Waals surface area contributed by atoms with E-state index in [4.69, 9.17) is 16.3 Å². The number of amides is 1. The predicted octanol–water partition coefficient (Wildman–Crippen LogP) is 3.98. The van der Waals surface area contributed by atoms with Gasteiger partial charge in [-0.3, -0.25) is 15.1 Å². The number of nitrogens with zero attached hydrogens (tertiary/aromatic N) is 4. The first kappa shape index (κ1) is 17.7. The fraction of sp³-hybridized carbons (Fsp3) is 0.133. The maximum absolute atomic E-state index is 12.7. The number of halogens is 2. The quantitative estimate of drug-likeness (QED) is 0.617. The molecule has 7 nitrogen and oxygen atoms in total. The summed E-state index contributed by atoms with van der Waals surface area (Å²) in [5.74, 6) is 0.142. The Hall–Kier alpha value is -2.10. The molecule has 0 saturated heterocycles. The van der Waals surface area contributed by atoms with Crippen LogP contribution < -0.4 is 10.1 Å². The molecule has 3 aromatic rings. The van der Waals surface area contributed by atoms with Crippen molar-refractivity contribution < 1.29 is 9.53 Å². The normalized spacial score (nSPS) is 10.6. The molecule has 0 bridgehead atoms. The van der Waals surface area contributed by atoms with Crippen molar-refractivity contribution in [3.05, 3.63) is 44.9 Å². The Morgan fingerprint density at radius 3 is 2.72 bits per heavy atom. The van der Waals surface area contributed by atoms with Gasteiger partial charge < -0.3 is 4.74 Å². The lowest BCUT2D eigenvalue weighted by Crippen LogP contribution is -2.14. The van der Waals surface area contributed by atoms with Crippen LogP contribution in [0.1, 0.15) is 16.1 Å². The van der Waals surface area contributed by atoms with Gasteiger partial charge in [0.15, 0.2) is 3.92 Å². The maximum Gasteiger partial charge on any atom is 0.259 e. The van der Waals surface area contributed by atoms with Crippen molar-refractivity contribution in [1.82, 2.24) is 20.2 Å². The highest BCUT2D eigenvalue weighted by Crippen LogP contribution is 2.34. The Balaban J connectivity index is 2.07. The van der Waals surface area contributed by atoms with Crippen LogP contribution in [0.5, 0.6) is 5.75 Å². The van der Waals surface area contributed by atoms with E-state index in [2.05, 4.69) is 41.4 Å². The van der Waals surface area contributed by atoms with E-state index in [1.54, 1.807) is 12.1 Å². The third-order valence-electron chi connectivity index (χ3n) is 3.25. The van der Waals surface area contributed by atoms with Crippen molar-refractivity contribution in [2.45, 2.75) is 6.92 Å². The molecule has 10 heteroatoms. The minimum absolute atomic E-state index is 0.296. The monoisotopic (exact) mass is 439 g/mol. The molecule has 0 aliphatic heterocycles. The number of aryl methyl sites for hydroxylation is 1. The summed E-state index contributed by atoms with van der Waals surface area (Å²) in [4.78, 5) is 20.9. The summed E-state index contributed by atoms with van der Waals surface area (Å²) in [6.07, 6.45) is 3.01. The molecule has 0 saturated carbocycles. The molecule has 3 aromatic heterocycles. The van der Waals surface area contributed by atoms with E-state index in [0.29, 0.717) is 36.6 Å². The molecule has 0 aliphatic carbocycles. The number of carbonyl (C=O) groups is 1. The van der Waals surface area contributed by atoms with E-state index in [9.17, 15) is 4.79 Å². The lowest BCUT2D eigenvalue weighted by atomic mass is 10.0. The Morgan fingerprint density at radius 2 is 2.04 bits per heavy atom. The number of hydrogen-bond acceptors (Lipinski definition) is 7. The van der Waals surface area contributed by atoms with Crippen LogP contribution in [0.25, 0.3) is 11.1 Å². The summed E-state index contributed by atoms with van der Waals surface area (Å²) in [5.41, 5.74) is 2.39. The first-order valence-electron chi connectivity index (χ1n) is 6.95. The third kappa shape index (κ3) is 3.94. The molecule has 1 amide bonds. The van der Waals surface area contributed by atoms with Gasteiger partial charge in [-0.2, -0.15) is 0 Å². The summed E-state index contributed by atoms with van der Waals surface area (Å²) in [5, 5.41) is 11.0. The molecule has 0 unspecified atom stereocenters. The number of methoxy groups -OCH3 is 1. The number of aromatic nitrogens is 4. The van der Waals surface area contributed by atoms with Crippen LogP contribution in [-0.2, 0) is 0 Å². The number of carbonyl (C=O) groups excluding carboxylic acids is 1. The van der Waals surface area contributed by atoms with Crippen LogP contribution in [-0.4, -0.2) is 33.2 Å². The van der Waals surface area contributed by atoms with Gasteiger partial charge in [0.1, 0.15) is 10.9 Å². The Morgan fingerprint density at radius 1 is 1.24 bits per heavy atom. The summed E-state index contributed by atoms with van der Waals surface area (Å²) < 4.78 is 5.93. The lowest BCUT2D eigenvalue weighted by molar-refractivity contribution is 0.102. The minimum atomic E-state index is -0.360. The molecule has 0 spiro atoms. The molecule has 25 heavy (non-hydrogen) atoms. The maximum atomic E-state index is 12.7. The van der Waals surface area contributed by atoms with Crippen molar-refractivity contribution in [2.24, 2.45) is 0 Å². The number of anilines is 1. The van der Waals surface area contributed by atoms with Gasteiger partial charge in [-0.1, -0.05) is 22.9 Å². The van der Waals surface area contributed by atoms with Crippen LogP contribution in [0.15, 0.2) is 28.4 Å². The van der Waals surface area contributed by atoms with Crippen molar-refractivity contribution >= 4 is 49.9 Å². The van der Waals surface area contributed by atoms with Crippen LogP contribution in [0.3, 0.4) is 0 Å². The molecule has 0 aliphatic rings. The van der Waals surface area contributed by atoms with Crippen molar-refractivity contribution in [3.8, 4) is 16.9 Å². The zero-order valence-electron chi connectivity index (χ0n) is 13.1. The molecule has 0 atom stereocenters. The largest absolute Gasteiger partial charge is 0.494 e. The number of pyridine rings is 2.